The van der Waals surface area contributed by atoms with Gasteiger partial charge in [0.05, 0.1) is 12.8 Å². The summed E-state index contributed by atoms with van der Waals surface area (Å²) in [5, 5.41) is 16.0. The molecule has 1 saturated carbocycles. The smallest absolute Gasteiger partial charge is 0.357 e. The number of rotatable bonds is 8. The zero-order valence-corrected chi connectivity index (χ0v) is 20.8. The summed E-state index contributed by atoms with van der Waals surface area (Å²) < 4.78 is 5.79. The van der Waals surface area contributed by atoms with Gasteiger partial charge in [-0.2, -0.15) is 0 Å². The van der Waals surface area contributed by atoms with Crippen LogP contribution in [0.2, 0.25) is 5.02 Å². The van der Waals surface area contributed by atoms with Crippen molar-refractivity contribution in [3.63, 3.8) is 0 Å². The zero-order chi connectivity index (χ0) is 24.9. The van der Waals surface area contributed by atoms with Crippen LogP contribution in [0.15, 0.2) is 34.4 Å². The van der Waals surface area contributed by atoms with Crippen molar-refractivity contribution in [3.8, 4) is 5.88 Å². The molecule has 186 valence electrons. The van der Waals surface area contributed by atoms with Gasteiger partial charge in [0.2, 0.25) is 11.8 Å². The van der Waals surface area contributed by atoms with Crippen LogP contribution in [0, 0.1) is 5.92 Å². The topological polar surface area (TPSA) is 126 Å². The van der Waals surface area contributed by atoms with E-state index in [1.807, 2.05) is 12.1 Å². The normalized spacial score (nSPS) is 15.0. The molecule has 4 rings (SSSR count). The van der Waals surface area contributed by atoms with E-state index in [0.29, 0.717) is 17.1 Å². The van der Waals surface area contributed by atoms with Gasteiger partial charge in [0.1, 0.15) is 6.04 Å². The van der Waals surface area contributed by atoms with Crippen LogP contribution in [0.4, 0.5) is 5.13 Å². The number of halogens is 1. The third kappa shape index (κ3) is 5.94. The van der Waals surface area contributed by atoms with Crippen molar-refractivity contribution in [1.82, 2.24) is 14.5 Å². The average molecular weight is 519 g/mol. The van der Waals surface area contributed by atoms with Crippen LogP contribution in [0.25, 0.3) is 0 Å². The number of imidazole rings is 1. The van der Waals surface area contributed by atoms with Gasteiger partial charge in [-0.05, 0) is 30.0 Å². The number of nitrogens with zero attached hydrogens (tertiary/aromatic N) is 2. The molecule has 0 unspecified atom stereocenters. The van der Waals surface area contributed by atoms with Gasteiger partial charge < -0.3 is 20.1 Å². The van der Waals surface area contributed by atoms with Gasteiger partial charge in [0, 0.05) is 16.8 Å². The van der Waals surface area contributed by atoms with Crippen LogP contribution in [0.3, 0.4) is 0 Å². The number of ether oxygens (including phenoxy) is 1. The molecule has 9 nitrogen and oxygen atoms in total. The highest BCUT2D eigenvalue weighted by Crippen LogP contribution is 2.33. The molecule has 1 amide bonds. The number of aromatic nitrogens is 3. The summed E-state index contributed by atoms with van der Waals surface area (Å²) in [6.07, 6.45) is 5.91. The second kappa shape index (κ2) is 11.1. The Balaban J connectivity index is 1.61. The van der Waals surface area contributed by atoms with Crippen LogP contribution in [-0.2, 0) is 16.0 Å². The number of aromatic amines is 1. The van der Waals surface area contributed by atoms with Gasteiger partial charge in [0.15, 0.2) is 10.8 Å². The Labute approximate surface area is 211 Å². The van der Waals surface area contributed by atoms with E-state index in [0.717, 1.165) is 53.6 Å². The van der Waals surface area contributed by atoms with Crippen molar-refractivity contribution in [2.24, 2.45) is 5.92 Å². The monoisotopic (exact) mass is 518 g/mol. The second-order valence-electron chi connectivity index (χ2n) is 8.68. The highest BCUT2D eigenvalue weighted by atomic mass is 35.5. The maximum Gasteiger partial charge on any atom is 0.357 e. The minimum atomic E-state index is -0.939. The molecule has 0 spiro atoms. The number of aromatic hydroxyl groups is 1. The molecule has 2 aromatic heterocycles. The van der Waals surface area contributed by atoms with Crippen molar-refractivity contribution >= 4 is 39.9 Å². The first-order valence-electron chi connectivity index (χ1n) is 11.5. The van der Waals surface area contributed by atoms with E-state index >= 15 is 0 Å². The minimum absolute atomic E-state index is 0.0866. The minimum Gasteiger partial charge on any atom is -0.493 e. The van der Waals surface area contributed by atoms with E-state index in [9.17, 15) is 19.5 Å². The number of hydrogen-bond acceptors (Lipinski definition) is 7. The standard InChI is InChI=1S/C24H27ClN4O5S/c1-34-22(32)18-13-35-23(26-18)28-20(30)19(12-14-5-3-2-4-6-14)29-21(31)17(27-24(29)33)11-15-7-9-16(25)10-8-15/h7-10,13-14,19,31H,2-6,11-12H2,1H3,(H,27,33)(H,26,28,30)/t19-/m0/s1. The maximum absolute atomic E-state index is 13.4. The Morgan fingerprint density at radius 3 is 2.69 bits per heavy atom. The molecule has 0 bridgehead atoms. The summed E-state index contributed by atoms with van der Waals surface area (Å²) in [6, 6.07) is 6.15. The van der Waals surface area contributed by atoms with Gasteiger partial charge in [-0.3, -0.25) is 9.36 Å². The Hall–Kier alpha value is -3.11. The molecule has 3 N–H and O–H groups in total. The number of anilines is 1. The van der Waals surface area contributed by atoms with Crippen LogP contribution >= 0.6 is 22.9 Å². The molecule has 3 aromatic rings. The van der Waals surface area contributed by atoms with Crippen molar-refractivity contribution in [3.05, 3.63) is 62.1 Å². The summed E-state index contributed by atoms with van der Waals surface area (Å²) in [4.78, 5) is 44.9. The predicted octanol–water partition coefficient (Wildman–Crippen LogP) is 4.52. The first-order valence-corrected chi connectivity index (χ1v) is 12.7. The van der Waals surface area contributed by atoms with Gasteiger partial charge in [-0.15, -0.1) is 11.3 Å². The summed E-state index contributed by atoms with van der Waals surface area (Å²) in [7, 11) is 1.25. The van der Waals surface area contributed by atoms with E-state index in [4.69, 9.17) is 11.6 Å². The number of esters is 1. The van der Waals surface area contributed by atoms with E-state index in [1.165, 1.54) is 12.5 Å². The molecule has 0 radical (unpaired) electrons. The highest BCUT2D eigenvalue weighted by Gasteiger charge is 2.31. The summed E-state index contributed by atoms with van der Waals surface area (Å²) in [5.41, 5.74) is 0.700. The molecule has 1 fully saturated rings. The summed E-state index contributed by atoms with van der Waals surface area (Å²) in [5.74, 6) is -1.10. The molecule has 2 heterocycles. The first-order chi connectivity index (χ1) is 16.9. The number of thiazole rings is 1. The Morgan fingerprint density at radius 2 is 2.00 bits per heavy atom. The lowest BCUT2D eigenvalue weighted by Crippen LogP contribution is -2.33. The molecule has 35 heavy (non-hydrogen) atoms. The molecule has 0 saturated heterocycles. The number of nitrogens with one attached hydrogen (secondary N) is 2. The van der Waals surface area contributed by atoms with Gasteiger partial charge >= 0.3 is 11.7 Å². The molecule has 0 aliphatic heterocycles. The lowest BCUT2D eigenvalue weighted by Gasteiger charge is -2.26. The van der Waals surface area contributed by atoms with Crippen LogP contribution in [0.5, 0.6) is 5.88 Å². The Bertz CT molecular complexity index is 1240. The van der Waals surface area contributed by atoms with Crippen molar-refractivity contribution in [2.45, 2.75) is 51.0 Å². The van der Waals surface area contributed by atoms with E-state index in [2.05, 4.69) is 20.0 Å². The third-order valence-electron chi connectivity index (χ3n) is 6.29. The molecular formula is C24H27ClN4O5S. The predicted molar refractivity (Wildman–Crippen MR) is 133 cm³/mol. The SMILES string of the molecule is COC(=O)c1csc(NC(=O)[C@H](CC2CCCCC2)n2c(O)c(Cc3ccc(Cl)cc3)[nH]c2=O)n1. The number of H-pyrrole nitrogens is 1. The molecule has 1 atom stereocenters. The number of hydrogen-bond donors (Lipinski definition) is 3. The van der Waals surface area contributed by atoms with Crippen LogP contribution in [0.1, 0.15) is 66.3 Å². The molecule has 11 heteroatoms. The second-order valence-corrected chi connectivity index (χ2v) is 9.97. The maximum atomic E-state index is 13.4. The number of methoxy groups -OCH3 is 1. The fourth-order valence-corrected chi connectivity index (χ4v) is 5.30. The highest BCUT2D eigenvalue weighted by molar-refractivity contribution is 7.14. The molecular weight excluding hydrogens is 492 g/mol. The van der Waals surface area contributed by atoms with E-state index in [1.54, 1.807) is 12.1 Å². The summed E-state index contributed by atoms with van der Waals surface area (Å²) >= 11 is 7.04. The fourth-order valence-electron chi connectivity index (χ4n) is 4.49. The van der Waals surface area contributed by atoms with Gasteiger partial charge in [-0.1, -0.05) is 55.8 Å². The van der Waals surface area contributed by atoms with Crippen molar-refractivity contribution < 1.29 is 19.4 Å². The largest absolute Gasteiger partial charge is 0.493 e. The molecule has 1 aliphatic carbocycles. The fraction of sp³-hybridized carbons (Fsp3) is 0.417. The van der Waals surface area contributed by atoms with Crippen LogP contribution in [-0.4, -0.2) is 38.6 Å². The zero-order valence-electron chi connectivity index (χ0n) is 19.3. The van der Waals surface area contributed by atoms with E-state index in [-0.39, 0.29) is 29.0 Å². The number of carbonyl (C=O) groups is 2. The first kappa shape index (κ1) is 25.0. The van der Waals surface area contributed by atoms with Crippen molar-refractivity contribution in [1.29, 1.82) is 0 Å². The average Bonchev–Trinajstić information content (AvgIpc) is 3.43. The Kier molecular flexibility index (Phi) is 7.92. The Morgan fingerprint density at radius 1 is 1.29 bits per heavy atom. The number of carbonyl (C=O) groups excluding carboxylic acids is 2. The lowest BCUT2D eigenvalue weighted by atomic mass is 9.84. The number of benzene rings is 1. The quantitative estimate of drug-likeness (QED) is 0.376. The third-order valence-corrected chi connectivity index (χ3v) is 7.30. The summed E-state index contributed by atoms with van der Waals surface area (Å²) in [6.45, 7) is 0. The van der Waals surface area contributed by atoms with E-state index < -0.39 is 23.6 Å². The number of amides is 1. The molecule has 1 aromatic carbocycles. The van der Waals surface area contributed by atoms with Crippen molar-refractivity contribution in [2.75, 3.05) is 12.4 Å². The van der Waals surface area contributed by atoms with Crippen LogP contribution < -0.4 is 11.0 Å². The lowest BCUT2D eigenvalue weighted by molar-refractivity contribution is -0.120. The molecule has 1 aliphatic rings. The van der Waals surface area contributed by atoms with Gasteiger partial charge in [0.25, 0.3) is 0 Å². The van der Waals surface area contributed by atoms with Gasteiger partial charge in [-0.25, -0.2) is 14.6 Å².